The number of hydrogen-bond acceptors (Lipinski definition) is 4. The molecule has 2 aromatic carbocycles. The minimum Gasteiger partial charge on any atom is -0.354 e. The van der Waals surface area contributed by atoms with E-state index in [9.17, 15) is 18.0 Å². The van der Waals surface area contributed by atoms with Crippen LogP contribution in [0, 0.1) is 0 Å². The summed E-state index contributed by atoms with van der Waals surface area (Å²) in [7, 11) is -3.79. The Hall–Kier alpha value is -2.87. The summed E-state index contributed by atoms with van der Waals surface area (Å²) in [5, 5.41) is 2.86. The van der Waals surface area contributed by atoms with Gasteiger partial charge < -0.3 is 10.2 Å². The van der Waals surface area contributed by atoms with Gasteiger partial charge in [-0.1, -0.05) is 39.0 Å². The highest BCUT2D eigenvalue weighted by atomic mass is 32.2. The molecule has 2 aromatic rings. The molecule has 32 heavy (non-hydrogen) atoms. The summed E-state index contributed by atoms with van der Waals surface area (Å²) >= 11 is 0. The van der Waals surface area contributed by atoms with Gasteiger partial charge in [-0.15, -0.1) is 0 Å². The third-order valence-electron chi connectivity index (χ3n) is 5.58. The Morgan fingerprint density at radius 2 is 1.84 bits per heavy atom. The van der Waals surface area contributed by atoms with E-state index in [0.29, 0.717) is 36.7 Å². The van der Waals surface area contributed by atoms with Crippen molar-refractivity contribution in [1.29, 1.82) is 0 Å². The van der Waals surface area contributed by atoms with Gasteiger partial charge in [0.25, 0.3) is 15.9 Å². The quantitative estimate of drug-likeness (QED) is 0.631. The van der Waals surface area contributed by atoms with Crippen molar-refractivity contribution in [3.63, 3.8) is 0 Å². The second-order valence-electron chi connectivity index (χ2n) is 8.36. The molecule has 1 aliphatic heterocycles. The SMILES string of the molecule is CCCNC(=O)C1CCCN1C(=O)c1cccc(NS(=O)(=O)c2ccc(C(C)C)cc2)c1. The van der Waals surface area contributed by atoms with Crippen LogP contribution in [0.5, 0.6) is 0 Å². The van der Waals surface area contributed by atoms with Crippen LogP contribution in [0.15, 0.2) is 53.4 Å². The largest absolute Gasteiger partial charge is 0.354 e. The highest BCUT2D eigenvalue weighted by Gasteiger charge is 2.34. The maximum atomic E-state index is 13.1. The number of benzene rings is 2. The Morgan fingerprint density at radius 1 is 1.12 bits per heavy atom. The van der Waals surface area contributed by atoms with Crippen LogP contribution in [0.1, 0.15) is 61.9 Å². The van der Waals surface area contributed by atoms with Crippen LogP contribution < -0.4 is 10.0 Å². The number of carbonyl (C=O) groups is 2. The lowest BCUT2D eigenvalue weighted by atomic mass is 10.0. The van der Waals surface area contributed by atoms with Crippen LogP contribution in [0.3, 0.4) is 0 Å². The van der Waals surface area contributed by atoms with Crippen LogP contribution in [-0.4, -0.2) is 44.3 Å². The molecule has 0 saturated carbocycles. The molecule has 0 bridgehead atoms. The van der Waals surface area contributed by atoms with Gasteiger partial charge in [-0.2, -0.15) is 0 Å². The fourth-order valence-electron chi connectivity index (χ4n) is 3.78. The minimum atomic E-state index is -3.79. The Bertz CT molecular complexity index is 1060. The van der Waals surface area contributed by atoms with Crippen LogP contribution >= 0.6 is 0 Å². The first-order chi connectivity index (χ1) is 15.2. The van der Waals surface area contributed by atoms with E-state index in [1.54, 1.807) is 47.4 Å². The second kappa shape index (κ2) is 10.2. The van der Waals surface area contributed by atoms with Gasteiger partial charge in [-0.05, 0) is 61.1 Å². The van der Waals surface area contributed by atoms with Crippen molar-refractivity contribution in [3.8, 4) is 0 Å². The number of nitrogens with one attached hydrogen (secondary N) is 2. The summed E-state index contributed by atoms with van der Waals surface area (Å²) in [5.74, 6) is -0.109. The van der Waals surface area contributed by atoms with Crippen LogP contribution in [0.2, 0.25) is 0 Å². The van der Waals surface area contributed by atoms with Gasteiger partial charge in [0.15, 0.2) is 0 Å². The van der Waals surface area contributed by atoms with E-state index in [2.05, 4.69) is 10.0 Å². The molecule has 2 N–H and O–H groups in total. The molecule has 172 valence electrons. The summed E-state index contributed by atoms with van der Waals surface area (Å²) in [6, 6.07) is 12.7. The summed E-state index contributed by atoms with van der Waals surface area (Å²) in [5.41, 5.74) is 1.70. The van der Waals surface area contributed by atoms with E-state index in [1.165, 1.54) is 6.07 Å². The normalized spacial score (nSPS) is 16.2. The predicted octanol–water partition coefficient (Wildman–Crippen LogP) is 3.74. The van der Waals surface area contributed by atoms with E-state index in [1.807, 2.05) is 20.8 Å². The number of nitrogens with zero attached hydrogens (tertiary/aromatic N) is 1. The van der Waals surface area contributed by atoms with Crippen molar-refractivity contribution < 1.29 is 18.0 Å². The highest BCUT2D eigenvalue weighted by Crippen LogP contribution is 2.24. The van der Waals surface area contributed by atoms with Gasteiger partial charge in [0.05, 0.1) is 4.90 Å². The average molecular weight is 458 g/mol. The molecule has 0 spiro atoms. The summed E-state index contributed by atoms with van der Waals surface area (Å²) < 4.78 is 28.2. The fourth-order valence-corrected chi connectivity index (χ4v) is 4.83. The van der Waals surface area contributed by atoms with Crippen molar-refractivity contribution in [3.05, 3.63) is 59.7 Å². The maximum Gasteiger partial charge on any atom is 0.261 e. The van der Waals surface area contributed by atoms with Crippen molar-refractivity contribution in [2.45, 2.75) is 56.9 Å². The number of anilines is 1. The molecule has 1 heterocycles. The van der Waals surface area contributed by atoms with Gasteiger partial charge in [-0.3, -0.25) is 14.3 Å². The van der Waals surface area contributed by atoms with Crippen molar-refractivity contribution in [2.24, 2.45) is 0 Å². The number of sulfonamides is 1. The molecule has 8 heteroatoms. The zero-order valence-electron chi connectivity index (χ0n) is 18.8. The first-order valence-corrected chi connectivity index (χ1v) is 12.5. The molecule has 1 fully saturated rings. The van der Waals surface area contributed by atoms with Crippen LogP contribution in [0.4, 0.5) is 5.69 Å². The molecule has 1 saturated heterocycles. The van der Waals surface area contributed by atoms with E-state index in [-0.39, 0.29) is 16.7 Å². The Kier molecular flexibility index (Phi) is 7.56. The number of amides is 2. The molecule has 0 aliphatic carbocycles. The third kappa shape index (κ3) is 5.48. The first-order valence-electron chi connectivity index (χ1n) is 11.0. The fraction of sp³-hybridized carbons (Fsp3) is 0.417. The van der Waals surface area contributed by atoms with Crippen LogP contribution in [0.25, 0.3) is 0 Å². The number of rotatable bonds is 8. The smallest absolute Gasteiger partial charge is 0.261 e. The van der Waals surface area contributed by atoms with E-state index in [4.69, 9.17) is 0 Å². The Labute approximate surface area is 190 Å². The van der Waals surface area contributed by atoms with Crippen molar-refractivity contribution in [2.75, 3.05) is 17.8 Å². The number of carbonyl (C=O) groups excluding carboxylic acids is 2. The van der Waals surface area contributed by atoms with Gasteiger partial charge in [0.1, 0.15) is 6.04 Å². The number of likely N-dealkylation sites (tertiary alicyclic amines) is 1. The monoisotopic (exact) mass is 457 g/mol. The molecule has 1 unspecified atom stereocenters. The number of hydrogen-bond donors (Lipinski definition) is 2. The molecule has 1 aliphatic rings. The maximum absolute atomic E-state index is 13.1. The van der Waals surface area contributed by atoms with Gasteiger partial charge in [0, 0.05) is 24.3 Å². The predicted molar refractivity (Wildman–Crippen MR) is 125 cm³/mol. The topological polar surface area (TPSA) is 95.6 Å². The van der Waals surface area contributed by atoms with Gasteiger partial charge in [0.2, 0.25) is 5.91 Å². The zero-order chi connectivity index (χ0) is 23.3. The Balaban J connectivity index is 1.76. The molecule has 3 rings (SSSR count). The molecule has 0 radical (unpaired) electrons. The highest BCUT2D eigenvalue weighted by molar-refractivity contribution is 7.92. The minimum absolute atomic E-state index is 0.139. The van der Waals surface area contributed by atoms with Crippen LogP contribution in [-0.2, 0) is 14.8 Å². The van der Waals surface area contributed by atoms with E-state index in [0.717, 1.165) is 18.4 Å². The van der Waals surface area contributed by atoms with Gasteiger partial charge >= 0.3 is 0 Å². The summed E-state index contributed by atoms with van der Waals surface area (Å²) in [6.07, 6.45) is 2.21. The average Bonchev–Trinajstić information content (AvgIpc) is 3.27. The molecular weight excluding hydrogens is 426 g/mol. The molecule has 1 atom stereocenters. The second-order valence-corrected chi connectivity index (χ2v) is 10.0. The molecular formula is C24H31N3O4S. The first kappa shape index (κ1) is 23.8. The molecule has 7 nitrogen and oxygen atoms in total. The lowest BCUT2D eigenvalue weighted by Gasteiger charge is -2.24. The van der Waals surface area contributed by atoms with Gasteiger partial charge in [-0.25, -0.2) is 8.42 Å². The summed E-state index contributed by atoms with van der Waals surface area (Å²) in [4.78, 5) is 27.3. The lowest BCUT2D eigenvalue weighted by molar-refractivity contribution is -0.124. The molecule has 0 aromatic heterocycles. The third-order valence-corrected chi connectivity index (χ3v) is 6.98. The molecule has 2 amide bonds. The zero-order valence-corrected chi connectivity index (χ0v) is 19.6. The standard InChI is InChI=1S/C24H31N3O4S/c1-4-14-25-23(28)22-9-6-15-27(22)24(29)19-7-5-8-20(16-19)26-32(30,31)21-12-10-18(11-13-21)17(2)3/h5,7-8,10-13,16-17,22,26H,4,6,9,14-15H2,1-3H3,(H,25,28). The van der Waals surface area contributed by atoms with Crippen molar-refractivity contribution in [1.82, 2.24) is 10.2 Å². The Morgan fingerprint density at radius 3 is 2.50 bits per heavy atom. The van der Waals surface area contributed by atoms with Crippen molar-refractivity contribution >= 4 is 27.5 Å². The lowest BCUT2D eigenvalue weighted by Crippen LogP contribution is -2.46. The van der Waals surface area contributed by atoms with E-state index < -0.39 is 16.1 Å². The summed E-state index contributed by atoms with van der Waals surface area (Å²) in [6.45, 7) is 7.14. The van der Waals surface area contributed by atoms with E-state index >= 15 is 0 Å².